The van der Waals surface area contributed by atoms with Crippen molar-refractivity contribution in [1.29, 1.82) is 0 Å². The number of nitrogens with zero attached hydrogens (tertiary/aromatic N) is 2. The summed E-state index contributed by atoms with van der Waals surface area (Å²) >= 11 is 1.55. The van der Waals surface area contributed by atoms with Crippen molar-refractivity contribution in [1.82, 2.24) is 14.9 Å². The van der Waals surface area contributed by atoms with Crippen LogP contribution in [0.5, 0.6) is 0 Å². The molecule has 1 aromatic rings. The largest absolute Gasteiger partial charge is 0.376 e. The van der Waals surface area contributed by atoms with E-state index >= 15 is 0 Å². The normalized spacial score (nSPS) is 23.3. The number of nitrogens with one attached hydrogen (secondary N) is 1. The lowest BCUT2D eigenvalue weighted by molar-refractivity contribution is -0.122. The third kappa shape index (κ3) is 3.77. The lowest BCUT2D eigenvalue weighted by Crippen LogP contribution is -2.34. The molecule has 0 spiro atoms. The Morgan fingerprint density at radius 1 is 1.57 bits per heavy atom. The summed E-state index contributed by atoms with van der Waals surface area (Å²) in [5.74, 6) is 0.915. The maximum absolute atomic E-state index is 12.4. The van der Waals surface area contributed by atoms with E-state index in [1.54, 1.807) is 22.4 Å². The molecule has 0 radical (unpaired) electrons. The van der Waals surface area contributed by atoms with Gasteiger partial charge >= 0.3 is 0 Å². The van der Waals surface area contributed by atoms with Gasteiger partial charge in [-0.25, -0.2) is 4.98 Å². The molecule has 3 rings (SSSR count). The van der Waals surface area contributed by atoms with Crippen LogP contribution in [0.25, 0.3) is 0 Å². The molecule has 0 bridgehead atoms. The quantitative estimate of drug-likeness (QED) is 0.828. The Morgan fingerprint density at radius 3 is 3.09 bits per heavy atom. The molecule has 1 saturated heterocycles. The van der Waals surface area contributed by atoms with Crippen LogP contribution < -0.4 is 10.9 Å². The van der Waals surface area contributed by atoms with Crippen molar-refractivity contribution >= 4 is 17.7 Å². The van der Waals surface area contributed by atoms with Crippen LogP contribution in [0.2, 0.25) is 0 Å². The summed E-state index contributed by atoms with van der Waals surface area (Å²) in [4.78, 5) is 29.0. The van der Waals surface area contributed by atoms with Gasteiger partial charge in [-0.05, 0) is 18.8 Å². The van der Waals surface area contributed by atoms with Crippen molar-refractivity contribution in [3.05, 3.63) is 22.1 Å². The van der Waals surface area contributed by atoms with E-state index in [-0.39, 0.29) is 29.5 Å². The molecule has 7 heteroatoms. The van der Waals surface area contributed by atoms with Crippen LogP contribution in [0, 0.1) is 0 Å². The first-order valence-corrected chi connectivity index (χ1v) is 9.17. The van der Waals surface area contributed by atoms with Gasteiger partial charge in [0.05, 0.1) is 17.8 Å². The van der Waals surface area contributed by atoms with Crippen LogP contribution in [0.4, 0.5) is 0 Å². The number of carbonyl (C=O) groups excluding carboxylic acids is 1. The number of rotatable bonds is 5. The number of thioether (sulfide) groups is 1. The Bertz CT molecular complexity index is 638. The first kappa shape index (κ1) is 16.5. The zero-order valence-electron chi connectivity index (χ0n) is 13.6. The lowest BCUT2D eigenvalue weighted by atomic mass is 10.1. The topological polar surface area (TPSA) is 73.2 Å². The van der Waals surface area contributed by atoms with Gasteiger partial charge < -0.3 is 10.1 Å². The molecule has 0 saturated carbocycles. The molecule has 1 N–H and O–H groups in total. The predicted molar refractivity (Wildman–Crippen MR) is 88.9 cm³/mol. The van der Waals surface area contributed by atoms with Crippen LogP contribution >= 0.6 is 11.8 Å². The molecule has 3 heterocycles. The maximum atomic E-state index is 12.4. The molecule has 1 aromatic heterocycles. The maximum Gasteiger partial charge on any atom is 0.254 e. The highest BCUT2D eigenvalue weighted by molar-refractivity contribution is 7.99. The van der Waals surface area contributed by atoms with Gasteiger partial charge in [-0.2, -0.15) is 0 Å². The Morgan fingerprint density at radius 2 is 2.39 bits per heavy atom. The van der Waals surface area contributed by atoms with Gasteiger partial charge in [-0.3, -0.25) is 14.2 Å². The Kier molecular flexibility index (Phi) is 5.06. The summed E-state index contributed by atoms with van der Waals surface area (Å²) in [5.41, 5.74) is 0.762. The van der Waals surface area contributed by atoms with Gasteiger partial charge in [0.15, 0.2) is 5.16 Å². The van der Waals surface area contributed by atoms with E-state index in [4.69, 9.17) is 4.74 Å². The molecule has 23 heavy (non-hydrogen) atoms. The molecule has 0 aromatic carbocycles. The molecular weight excluding hydrogens is 314 g/mol. The molecule has 0 aliphatic carbocycles. The summed E-state index contributed by atoms with van der Waals surface area (Å²) in [6.45, 7) is 5.39. The number of hydrogen-bond donors (Lipinski definition) is 1. The van der Waals surface area contributed by atoms with Crippen LogP contribution in [0.1, 0.15) is 50.8 Å². The second-order valence-corrected chi connectivity index (χ2v) is 7.42. The van der Waals surface area contributed by atoms with Gasteiger partial charge in [0.25, 0.3) is 5.56 Å². The number of aromatic nitrogens is 2. The zero-order valence-corrected chi connectivity index (χ0v) is 14.4. The number of fused-ring (bicyclic) bond motifs is 1. The molecule has 2 atom stereocenters. The Balaban J connectivity index is 1.63. The third-order valence-electron chi connectivity index (χ3n) is 4.27. The van der Waals surface area contributed by atoms with E-state index in [1.807, 2.05) is 13.8 Å². The van der Waals surface area contributed by atoms with E-state index in [0.29, 0.717) is 13.0 Å². The van der Waals surface area contributed by atoms with E-state index in [0.717, 1.165) is 36.1 Å². The zero-order chi connectivity index (χ0) is 16.4. The van der Waals surface area contributed by atoms with Crippen molar-refractivity contribution < 1.29 is 9.53 Å². The highest BCUT2D eigenvalue weighted by atomic mass is 32.2. The monoisotopic (exact) mass is 337 g/mol. The van der Waals surface area contributed by atoms with Crippen molar-refractivity contribution in [2.24, 2.45) is 0 Å². The third-order valence-corrected chi connectivity index (χ3v) is 5.37. The summed E-state index contributed by atoms with van der Waals surface area (Å²) in [7, 11) is 0. The second kappa shape index (κ2) is 7.05. The molecule has 0 unspecified atom stereocenters. The highest BCUT2D eigenvalue weighted by Gasteiger charge is 2.28. The second-order valence-electron chi connectivity index (χ2n) is 6.43. The molecular formula is C16H23N3O3S. The fourth-order valence-corrected chi connectivity index (χ4v) is 4.09. The number of hydrogen-bond acceptors (Lipinski definition) is 5. The molecule has 1 fully saturated rings. The summed E-state index contributed by atoms with van der Waals surface area (Å²) < 4.78 is 7.17. The lowest BCUT2D eigenvalue weighted by Gasteiger charge is -2.15. The molecule has 6 nitrogen and oxygen atoms in total. The van der Waals surface area contributed by atoms with E-state index in [9.17, 15) is 9.59 Å². The number of carbonyl (C=O) groups is 1. The predicted octanol–water partition coefficient (Wildman–Crippen LogP) is 1.70. The summed E-state index contributed by atoms with van der Waals surface area (Å²) in [6, 6.07) is 1.48. The van der Waals surface area contributed by atoms with Crippen molar-refractivity contribution in [2.75, 3.05) is 18.9 Å². The first-order valence-electron chi connectivity index (χ1n) is 8.19. The van der Waals surface area contributed by atoms with Crippen LogP contribution in [-0.4, -0.2) is 40.5 Å². The van der Waals surface area contributed by atoms with Gasteiger partial charge in [-0.1, -0.05) is 25.6 Å². The Hall–Kier alpha value is -1.34. The minimum absolute atomic E-state index is 0.0289. The van der Waals surface area contributed by atoms with Crippen molar-refractivity contribution in [2.45, 2.75) is 56.3 Å². The molecule has 126 valence electrons. The van der Waals surface area contributed by atoms with E-state index in [2.05, 4.69) is 10.3 Å². The molecule has 1 amide bonds. The fraction of sp³-hybridized carbons (Fsp3) is 0.688. The van der Waals surface area contributed by atoms with Crippen LogP contribution in [-0.2, 0) is 9.53 Å². The first-order chi connectivity index (χ1) is 11.0. The van der Waals surface area contributed by atoms with E-state index < -0.39 is 0 Å². The smallest absolute Gasteiger partial charge is 0.254 e. The number of amides is 1. The van der Waals surface area contributed by atoms with Gasteiger partial charge in [0.2, 0.25) is 5.91 Å². The summed E-state index contributed by atoms with van der Waals surface area (Å²) in [5, 5.41) is 3.66. The molecule has 2 aliphatic rings. The minimum Gasteiger partial charge on any atom is -0.376 e. The van der Waals surface area contributed by atoms with Crippen molar-refractivity contribution in [3.63, 3.8) is 0 Å². The van der Waals surface area contributed by atoms with E-state index in [1.165, 1.54) is 0 Å². The van der Waals surface area contributed by atoms with Gasteiger partial charge in [-0.15, -0.1) is 0 Å². The average Bonchev–Trinajstić information content (AvgIpc) is 3.15. The highest BCUT2D eigenvalue weighted by Crippen LogP contribution is 2.32. The van der Waals surface area contributed by atoms with Crippen LogP contribution in [0.15, 0.2) is 16.0 Å². The SMILES string of the molecule is CC(C)c1cc(=O)n2c(n1)SC[C@H]2CC(=O)NC[C@@H]1CCCO1. The Labute approximate surface area is 140 Å². The minimum atomic E-state index is -0.110. The average molecular weight is 337 g/mol. The standard InChI is InChI=1S/C16H23N3O3S/c1-10(2)13-7-15(21)19-11(9-23-16(19)18-13)6-14(20)17-8-12-4-3-5-22-12/h7,10-12H,3-6,8-9H2,1-2H3,(H,17,20)/t11-,12+/m1/s1. The van der Waals surface area contributed by atoms with Crippen LogP contribution in [0.3, 0.4) is 0 Å². The molecule has 2 aliphatic heterocycles. The number of ether oxygens (including phenoxy) is 1. The van der Waals surface area contributed by atoms with Gasteiger partial charge in [0, 0.05) is 31.4 Å². The summed E-state index contributed by atoms with van der Waals surface area (Å²) in [6.07, 6.45) is 2.52. The fourth-order valence-electron chi connectivity index (χ4n) is 2.94. The van der Waals surface area contributed by atoms with Gasteiger partial charge in [0.1, 0.15) is 0 Å². The van der Waals surface area contributed by atoms with Crippen molar-refractivity contribution in [3.8, 4) is 0 Å².